The van der Waals surface area contributed by atoms with Gasteiger partial charge >= 0.3 is 0 Å². The Morgan fingerprint density at radius 1 is 1.04 bits per heavy atom. The van der Waals surface area contributed by atoms with Gasteiger partial charge in [-0.25, -0.2) is 8.42 Å². The molecule has 0 aliphatic rings. The number of carbonyl (C=O) groups is 1. The van der Waals surface area contributed by atoms with Crippen molar-refractivity contribution in [3.05, 3.63) is 59.7 Å². The molecule has 0 radical (unpaired) electrons. The Labute approximate surface area is 159 Å². The van der Waals surface area contributed by atoms with Gasteiger partial charge in [0.05, 0.1) is 25.2 Å². The lowest BCUT2D eigenvalue weighted by molar-refractivity contribution is -0.117. The van der Waals surface area contributed by atoms with Crippen molar-refractivity contribution in [1.29, 1.82) is 0 Å². The summed E-state index contributed by atoms with van der Waals surface area (Å²) in [4.78, 5) is 12.4. The van der Waals surface area contributed by atoms with E-state index in [-0.39, 0.29) is 16.8 Å². The number of hydrogen-bond acceptors (Lipinski definition) is 5. The maximum atomic E-state index is 12.2. The van der Waals surface area contributed by atoms with Crippen LogP contribution >= 0.6 is 0 Å². The second-order valence-corrected chi connectivity index (χ2v) is 8.03. The van der Waals surface area contributed by atoms with E-state index < -0.39 is 9.84 Å². The van der Waals surface area contributed by atoms with Gasteiger partial charge in [-0.2, -0.15) is 0 Å². The first kappa shape index (κ1) is 20.5. The van der Waals surface area contributed by atoms with Crippen molar-refractivity contribution in [2.75, 3.05) is 20.5 Å². The smallest absolute Gasteiger partial charge is 0.244 e. The second-order valence-electron chi connectivity index (χ2n) is 6.02. The van der Waals surface area contributed by atoms with Gasteiger partial charge in [-0.05, 0) is 48.4 Å². The molecule has 2 aromatic rings. The fraction of sp³-hybridized carbons (Fsp3) is 0.250. The average molecular weight is 389 g/mol. The summed E-state index contributed by atoms with van der Waals surface area (Å²) in [5.41, 5.74) is 1.61. The Bertz CT molecular complexity index is 933. The Balaban J connectivity index is 2.03. The first-order valence-electron chi connectivity index (χ1n) is 8.25. The number of methoxy groups -OCH3 is 2. The van der Waals surface area contributed by atoms with Crippen molar-refractivity contribution < 1.29 is 22.7 Å². The molecule has 0 unspecified atom stereocenters. The highest BCUT2D eigenvalue weighted by atomic mass is 32.2. The third-order valence-corrected chi connectivity index (χ3v) is 5.13. The Morgan fingerprint density at radius 3 is 2.22 bits per heavy atom. The molecule has 2 aromatic carbocycles. The van der Waals surface area contributed by atoms with Crippen LogP contribution in [-0.4, -0.2) is 34.8 Å². The standard InChI is InChI=1S/C20H23NO5S/c1-14(16-7-9-17(10-8-16)27(4,23)24)21-20(22)12-6-15-5-11-18(25-2)19(13-15)26-3/h5-14H,1-4H3,(H,21,22)/b12-6+/t14-/m1/s1. The van der Waals surface area contributed by atoms with Gasteiger partial charge < -0.3 is 14.8 Å². The van der Waals surface area contributed by atoms with E-state index in [0.717, 1.165) is 17.4 Å². The van der Waals surface area contributed by atoms with Gasteiger partial charge in [0.15, 0.2) is 21.3 Å². The molecule has 1 atom stereocenters. The lowest BCUT2D eigenvalue weighted by atomic mass is 10.1. The molecule has 1 amide bonds. The molecule has 0 aliphatic heterocycles. The molecule has 144 valence electrons. The summed E-state index contributed by atoms with van der Waals surface area (Å²) in [7, 11) is -0.126. The summed E-state index contributed by atoms with van der Waals surface area (Å²) in [5.74, 6) is 0.939. The van der Waals surface area contributed by atoms with Crippen molar-refractivity contribution in [2.45, 2.75) is 17.9 Å². The number of benzene rings is 2. The zero-order valence-electron chi connectivity index (χ0n) is 15.7. The largest absolute Gasteiger partial charge is 0.493 e. The van der Waals surface area contributed by atoms with E-state index in [4.69, 9.17) is 9.47 Å². The number of amides is 1. The molecule has 0 bridgehead atoms. The zero-order chi connectivity index (χ0) is 20.0. The van der Waals surface area contributed by atoms with Crippen molar-refractivity contribution in [1.82, 2.24) is 5.32 Å². The highest BCUT2D eigenvalue weighted by molar-refractivity contribution is 7.90. The van der Waals surface area contributed by atoms with Gasteiger partial charge in [-0.3, -0.25) is 4.79 Å². The molecular weight excluding hydrogens is 366 g/mol. The minimum atomic E-state index is -3.24. The van der Waals surface area contributed by atoms with Crippen LogP contribution in [0.5, 0.6) is 11.5 Å². The topological polar surface area (TPSA) is 81.7 Å². The van der Waals surface area contributed by atoms with E-state index in [1.165, 1.54) is 18.2 Å². The minimum Gasteiger partial charge on any atom is -0.493 e. The molecule has 7 heteroatoms. The van der Waals surface area contributed by atoms with Crippen molar-refractivity contribution in [2.24, 2.45) is 0 Å². The molecule has 0 saturated heterocycles. The third-order valence-electron chi connectivity index (χ3n) is 4.00. The van der Waals surface area contributed by atoms with Crippen molar-refractivity contribution in [3.63, 3.8) is 0 Å². The molecule has 0 aromatic heterocycles. The van der Waals surface area contributed by atoms with Crippen LogP contribution in [0.25, 0.3) is 6.08 Å². The normalized spacial score (nSPS) is 12.6. The number of hydrogen-bond donors (Lipinski definition) is 1. The van der Waals surface area contributed by atoms with Crippen LogP contribution in [0.4, 0.5) is 0 Å². The zero-order valence-corrected chi connectivity index (χ0v) is 16.5. The quantitative estimate of drug-likeness (QED) is 0.736. The number of nitrogens with one attached hydrogen (secondary N) is 1. The van der Waals surface area contributed by atoms with E-state index >= 15 is 0 Å². The molecular formula is C20H23NO5S. The van der Waals surface area contributed by atoms with Crippen LogP contribution in [0, 0.1) is 0 Å². The lowest BCUT2D eigenvalue weighted by Gasteiger charge is -2.13. The molecule has 0 aliphatic carbocycles. The van der Waals surface area contributed by atoms with Crippen LogP contribution in [0.2, 0.25) is 0 Å². The maximum absolute atomic E-state index is 12.2. The third kappa shape index (κ3) is 5.59. The monoisotopic (exact) mass is 389 g/mol. The second kappa shape index (κ2) is 8.73. The number of sulfone groups is 1. The number of ether oxygens (including phenoxy) is 2. The fourth-order valence-corrected chi connectivity index (χ4v) is 3.11. The predicted molar refractivity (Wildman–Crippen MR) is 105 cm³/mol. The number of carbonyl (C=O) groups excluding carboxylic acids is 1. The summed E-state index contributed by atoms with van der Waals surface area (Å²) in [6.45, 7) is 1.83. The molecule has 27 heavy (non-hydrogen) atoms. The Kier molecular flexibility index (Phi) is 6.63. The highest BCUT2D eigenvalue weighted by Crippen LogP contribution is 2.28. The van der Waals surface area contributed by atoms with Crippen LogP contribution < -0.4 is 14.8 Å². The molecule has 1 N–H and O–H groups in total. The summed E-state index contributed by atoms with van der Waals surface area (Å²) < 4.78 is 33.4. The van der Waals surface area contributed by atoms with Gasteiger partial charge in [-0.15, -0.1) is 0 Å². The lowest BCUT2D eigenvalue weighted by Crippen LogP contribution is -2.24. The summed E-state index contributed by atoms with van der Waals surface area (Å²) in [6.07, 6.45) is 4.27. The Hall–Kier alpha value is -2.80. The van der Waals surface area contributed by atoms with Gasteiger partial charge in [-0.1, -0.05) is 18.2 Å². The van der Waals surface area contributed by atoms with E-state index in [1.54, 1.807) is 44.6 Å². The van der Waals surface area contributed by atoms with Crippen molar-refractivity contribution in [3.8, 4) is 11.5 Å². The molecule has 0 heterocycles. The SMILES string of the molecule is COc1ccc(/C=C/C(=O)N[C@H](C)c2ccc(S(C)(=O)=O)cc2)cc1OC. The minimum absolute atomic E-state index is 0.248. The number of rotatable bonds is 7. The molecule has 0 fully saturated rings. The van der Waals surface area contributed by atoms with E-state index in [9.17, 15) is 13.2 Å². The first-order valence-corrected chi connectivity index (χ1v) is 10.1. The van der Waals surface area contributed by atoms with Gasteiger partial charge in [0.2, 0.25) is 5.91 Å². The molecule has 0 saturated carbocycles. The first-order chi connectivity index (χ1) is 12.7. The van der Waals surface area contributed by atoms with Crippen LogP contribution in [0.3, 0.4) is 0 Å². The fourth-order valence-electron chi connectivity index (χ4n) is 2.48. The van der Waals surface area contributed by atoms with Gasteiger partial charge in [0, 0.05) is 12.3 Å². The highest BCUT2D eigenvalue weighted by Gasteiger charge is 2.11. The van der Waals surface area contributed by atoms with Gasteiger partial charge in [0.25, 0.3) is 0 Å². The molecule has 6 nitrogen and oxygen atoms in total. The van der Waals surface area contributed by atoms with Crippen molar-refractivity contribution >= 4 is 21.8 Å². The average Bonchev–Trinajstić information content (AvgIpc) is 2.65. The van der Waals surface area contributed by atoms with Gasteiger partial charge in [0.1, 0.15) is 0 Å². The van der Waals surface area contributed by atoms with Crippen LogP contribution in [0.15, 0.2) is 53.4 Å². The van der Waals surface area contributed by atoms with E-state index in [1.807, 2.05) is 13.0 Å². The van der Waals surface area contributed by atoms with E-state index in [2.05, 4.69) is 5.32 Å². The van der Waals surface area contributed by atoms with Crippen LogP contribution in [-0.2, 0) is 14.6 Å². The summed E-state index contributed by atoms with van der Waals surface area (Å²) in [5, 5.41) is 2.84. The van der Waals surface area contributed by atoms with Crippen LogP contribution in [0.1, 0.15) is 24.1 Å². The Morgan fingerprint density at radius 2 is 1.67 bits per heavy atom. The maximum Gasteiger partial charge on any atom is 0.244 e. The predicted octanol–water partition coefficient (Wildman–Crippen LogP) is 3.00. The summed E-state index contributed by atoms with van der Waals surface area (Å²) >= 11 is 0. The summed E-state index contributed by atoms with van der Waals surface area (Å²) in [6, 6.07) is 11.6. The molecule has 0 spiro atoms. The van der Waals surface area contributed by atoms with E-state index in [0.29, 0.717) is 11.5 Å². The molecule has 2 rings (SSSR count).